The van der Waals surface area contributed by atoms with E-state index in [1.54, 1.807) is 0 Å². The average molecular weight is 157 g/mol. The molecule has 0 heterocycles. The van der Waals surface area contributed by atoms with Gasteiger partial charge in [-0.1, -0.05) is 20.3 Å². The van der Waals surface area contributed by atoms with Gasteiger partial charge >= 0.3 is 0 Å². The molecule has 0 rings (SSSR count). The molecular formula is C9H19NO. The molecular weight excluding hydrogens is 138 g/mol. The predicted octanol–water partition coefficient (Wildman–Crippen LogP) is 1.52. The largest absolute Gasteiger partial charge is 0.394 e. The summed E-state index contributed by atoms with van der Waals surface area (Å²) < 4.78 is 0. The minimum atomic E-state index is -0.299. The minimum absolute atomic E-state index is 0.299. The zero-order chi connectivity index (χ0) is 8.85. The van der Waals surface area contributed by atoms with E-state index in [-0.39, 0.29) is 6.10 Å². The second-order valence-electron chi connectivity index (χ2n) is 3.01. The van der Waals surface area contributed by atoms with Gasteiger partial charge in [0.05, 0.1) is 6.10 Å². The van der Waals surface area contributed by atoms with Gasteiger partial charge in [-0.2, -0.15) is 0 Å². The molecule has 0 saturated heterocycles. The lowest BCUT2D eigenvalue weighted by atomic mass is 9.97. The van der Waals surface area contributed by atoms with Crippen molar-refractivity contribution in [1.29, 1.82) is 0 Å². The van der Waals surface area contributed by atoms with Crippen molar-refractivity contribution < 1.29 is 5.11 Å². The van der Waals surface area contributed by atoms with Crippen molar-refractivity contribution in [3.63, 3.8) is 0 Å². The molecule has 2 atom stereocenters. The highest BCUT2D eigenvalue weighted by Crippen LogP contribution is 2.13. The van der Waals surface area contributed by atoms with Crippen molar-refractivity contribution in [3.8, 4) is 0 Å². The van der Waals surface area contributed by atoms with Crippen molar-refractivity contribution in [2.24, 2.45) is 5.92 Å². The molecule has 2 N–H and O–H groups in total. The van der Waals surface area contributed by atoms with Crippen LogP contribution in [0.3, 0.4) is 0 Å². The first-order valence-electron chi connectivity index (χ1n) is 4.15. The van der Waals surface area contributed by atoms with E-state index in [4.69, 9.17) is 0 Å². The molecule has 1 unspecified atom stereocenters. The number of aliphatic hydroxyl groups excluding tert-OH is 1. The summed E-state index contributed by atoms with van der Waals surface area (Å²) in [5.74, 6) is 0.347. The Balaban J connectivity index is 4.00. The van der Waals surface area contributed by atoms with Gasteiger partial charge in [-0.15, -0.1) is 0 Å². The molecule has 66 valence electrons. The topological polar surface area (TPSA) is 32.3 Å². The van der Waals surface area contributed by atoms with E-state index < -0.39 is 0 Å². The summed E-state index contributed by atoms with van der Waals surface area (Å²) in [6.07, 6.45) is 2.56. The van der Waals surface area contributed by atoms with E-state index in [2.05, 4.69) is 19.2 Å². The van der Waals surface area contributed by atoms with Crippen LogP contribution in [0.2, 0.25) is 0 Å². The van der Waals surface area contributed by atoms with Crippen LogP contribution in [0.15, 0.2) is 11.8 Å². The molecule has 0 fully saturated rings. The smallest absolute Gasteiger partial charge is 0.0789 e. The third-order valence-electron chi connectivity index (χ3n) is 2.02. The maximum absolute atomic E-state index is 9.61. The summed E-state index contributed by atoms with van der Waals surface area (Å²) in [6, 6.07) is 0. The van der Waals surface area contributed by atoms with E-state index in [0.717, 1.165) is 12.0 Å². The van der Waals surface area contributed by atoms with Crippen molar-refractivity contribution in [2.75, 3.05) is 7.05 Å². The van der Waals surface area contributed by atoms with Crippen LogP contribution in [0.25, 0.3) is 0 Å². The molecule has 0 aromatic heterocycles. The molecule has 0 aliphatic rings. The van der Waals surface area contributed by atoms with Crippen molar-refractivity contribution in [2.45, 2.75) is 33.3 Å². The monoisotopic (exact) mass is 157 g/mol. The molecule has 0 aliphatic heterocycles. The van der Waals surface area contributed by atoms with E-state index >= 15 is 0 Å². The summed E-state index contributed by atoms with van der Waals surface area (Å²) in [5.41, 5.74) is 1.00. The van der Waals surface area contributed by atoms with Crippen molar-refractivity contribution in [3.05, 3.63) is 11.8 Å². The Bertz CT molecular complexity index is 132. The molecule has 0 aromatic carbocycles. The van der Waals surface area contributed by atoms with Crippen LogP contribution in [0.4, 0.5) is 0 Å². The molecule has 2 nitrogen and oxygen atoms in total. The summed E-state index contributed by atoms with van der Waals surface area (Å²) >= 11 is 0. The Morgan fingerprint density at radius 3 is 2.55 bits per heavy atom. The fourth-order valence-corrected chi connectivity index (χ4v) is 0.985. The maximum atomic E-state index is 9.61. The molecule has 0 saturated carbocycles. The second-order valence-corrected chi connectivity index (χ2v) is 3.01. The number of aliphatic hydroxyl groups is 1. The van der Waals surface area contributed by atoms with Crippen LogP contribution in [0.1, 0.15) is 27.2 Å². The van der Waals surface area contributed by atoms with Gasteiger partial charge in [0.1, 0.15) is 0 Å². The van der Waals surface area contributed by atoms with E-state index in [9.17, 15) is 5.11 Å². The summed E-state index contributed by atoms with van der Waals surface area (Å²) in [6.45, 7) is 6.07. The third-order valence-corrected chi connectivity index (χ3v) is 2.02. The lowest BCUT2D eigenvalue weighted by Gasteiger charge is -2.17. The summed E-state index contributed by atoms with van der Waals surface area (Å²) in [4.78, 5) is 0. The zero-order valence-corrected chi connectivity index (χ0v) is 7.89. The molecule has 0 bridgehead atoms. The van der Waals surface area contributed by atoms with Gasteiger partial charge in [-0.3, -0.25) is 0 Å². The predicted molar refractivity (Wildman–Crippen MR) is 48.3 cm³/mol. The first-order chi connectivity index (χ1) is 5.13. The van der Waals surface area contributed by atoms with Gasteiger partial charge in [0.2, 0.25) is 0 Å². The lowest BCUT2D eigenvalue weighted by molar-refractivity contribution is 0.148. The quantitative estimate of drug-likeness (QED) is 0.648. The van der Waals surface area contributed by atoms with E-state index in [1.165, 1.54) is 0 Å². The number of hydrogen-bond acceptors (Lipinski definition) is 2. The summed E-state index contributed by atoms with van der Waals surface area (Å²) in [5, 5.41) is 12.5. The third kappa shape index (κ3) is 3.42. The van der Waals surface area contributed by atoms with Crippen molar-refractivity contribution >= 4 is 0 Å². The van der Waals surface area contributed by atoms with E-state index in [1.807, 2.05) is 20.2 Å². The van der Waals surface area contributed by atoms with Crippen LogP contribution >= 0.6 is 0 Å². The highest BCUT2D eigenvalue weighted by atomic mass is 16.3. The Kier molecular flexibility index (Phi) is 4.95. The molecule has 11 heavy (non-hydrogen) atoms. The molecule has 0 amide bonds. The normalized spacial score (nSPS) is 17.7. The fourth-order valence-electron chi connectivity index (χ4n) is 0.985. The number of hydrogen-bond donors (Lipinski definition) is 2. The van der Waals surface area contributed by atoms with Gasteiger partial charge in [0.25, 0.3) is 0 Å². The summed E-state index contributed by atoms with van der Waals surface area (Å²) in [7, 11) is 1.84. The fraction of sp³-hybridized carbons (Fsp3) is 0.778. The standard InChI is InChI=1S/C9H19NO/c1-5-7(2)9(11)8(3)6-10-4/h6-7,9-11H,5H2,1-4H3/b8-6+/t7-,9?/m0/s1. The maximum Gasteiger partial charge on any atom is 0.0789 e. The SMILES string of the molecule is CC[C@H](C)C(O)/C(C)=C/NC. The van der Waals surface area contributed by atoms with Crippen molar-refractivity contribution in [1.82, 2.24) is 5.32 Å². The van der Waals surface area contributed by atoms with Crippen LogP contribution in [0.5, 0.6) is 0 Å². The number of rotatable bonds is 4. The Labute approximate surface area is 69.3 Å². The highest BCUT2D eigenvalue weighted by molar-refractivity contribution is 5.04. The Morgan fingerprint density at radius 2 is 2.18 bits per heavy atom. The number of nitrogens with one attached hydrogen (secondary N) is 1. The molecule has 0 spiro atoms. The van der Waals surface area contributed by atoms with Gasteiger partial charge in [-0.05, 0) is 24.6 Å². The first kappa shape index (κ1) is 10.5. The van der Waals surface area contributed by atoms with Crippen LogP contribution in [-0.2, 0) is 0 Å². The van der Waals surface area contributed by atoms with Gasteiger partial charge in [0, 0.05) is 7.05 Å². The average Bonchev–Trinajstić information content (AvgIpc) is 2.02. The second kappa shape index (κ2) is 5.19. The molecule has 0 aromatic rings. The van der Waals surface area contributed by atoms with Gasteiger partial charge < -0.3 is 10.4 Å². The van der Waals surface area contributed by atoms with Crippen LogP contribution in [-0.4, -0.2) is 18.3 Å². The van der Waals surface area contributed by atoms with Gasteiger partial charge in [-0.25, -0.2) is 0 Å². The first-order valence-corrected chi connectivity index (χ1v) is 4.15. The van der Waals surface area contributed by atoms with Gasteiger partial charge in [0.15, 0.2) is 0 Å². The van der Waals surface area contributed by atoms with Crippen LogP contribution in [0, 0.1) is 5.92 Å². The zero-order valence-electron chi connectivity index (χ0n) is 7.89. The highest BCUT2D eigenvalue weighted by Gasteiger charge is 2.12. The molecule has 0 radical (unpaired) electrons. The molecule has 0 aliphatic carbocycles. The Morgan fingerprint density at radius 1 is 1.64 bits per heavy atom. The van der Waals surface area contributed by atoms with E-state index in [0.29, 0.717) is 5.92 Å². The lowest BCUT2D eigenvalue weighted by Crippen LogP contribution is -2.19. The Hall–Kier alpha value is -0.500. The molecule has 2 heteroatoms. The minimum Gasteiger partial charge on any atom is -0.394 e. The van der Waals surface area contributed by atoms with Crippen LogP contribution < -0.4 is 5.32 Å².